The highest BCUT2D eigenvalue weighted by Crippen LogP contribution is 2.25. The van der Waals surface area contributed by atoms with E-state index < -0.39 is 11.8 Å². The lowest BCUT2D eigenvalue weighted by Gasteiger charge is -2.17. The van der Waals surface area contributed by atoms with Gasteiger partial charge in [0.2, 0.25) is 0 Å². The summed E-state index contributed by atoms with van der Waals surface area (Å²) < 4.78 is 23.3. The molecule has 0 aliphatic heterocycles. The zero-order valence-electron chi connectivity index (χ0n) is 12.7. The van der Waals surface area contributed by atoms with Crippen molar-refractivity contribution in [1.82, 2.24) is 5.32 Å². The zero-order valence-corrected chi connectivity index (χ0v) is 14.3. The normalized spacial score (nSPS) is 11.9. The van der Waals surface area contributed by atoms with Crippen LogP contribution in [0.2, 0.25) is 0 Å². The largest absolute Gasteiger partial charge is 0.481 e. The fourth-order valence-electron chi connectivity index (χ4n) is 1.38. The standard InChI is InChI=1S/C15H19BrFNO4/c1-9(2)10(3)18-14(19)7-22-15(20)8-21-13-5-4-11(17)6-12(13)16/h4-6,9-10H,7-8H2,1-3H3,(H,18,19). The number of hydrogen-bond donors (Lipinski definition) is 1. The lowest BCUT2D eigenvalue weighted by Crippen LogP contribution is -2.39. The van der Waals surface area contributed by atoms with Crippen molar-refractivity contribution in [2.45, 2.75) is 26.8 Å². The van der Waals surface area contributed by atoms with Gasteiger partial charge in [-0.25, -0.2) is 9.18 Å². The van der Waals surface area contributed by atoms with Gasteiger partial charge in [-0.05, 0) is 47.0 Å². The number of amides is 1. The van der Waals surface area contributed by atoms with Crippen LogP contribution in [0.15, 0.2) is 22.7 Å². The number of esters is 1. The Kier molecular flexibility index (Phi) is 7.31. The number of ether oxygens (including phenoxy) is 2. The predicted molar refractivity (Wildman–Crippen MR) is 83.0 cm³/mol. The first-order valence-corrected chi connectivity index (χ1v) is 7.61. The minimum absolute atomic E-state index is 0.00220. The number of nitrogens with one attached hydrogen (secondary N) is 1. The summed E-state index contributed by atoms with van der Waals surface area (Å²) in [6, 6.07) is 3.83. The van der Waals surface area contributed by atoms with E-state index in [4.69, 9.17) is 9.47 Å². The third-order valence-electron chi connectivity index (χ3n) is 2.99. The molecule has 122 valence electrons. The summed E-state index contributed by atoms with van der Waals surface area (Å²) in [6.45, 7) is 5.11. The van der Waals surface area contributed by atoms with Gasteiger partial charge in [0.25, 0.3) is 5.91 Å². The third-order valence-corrected chi connectivity index (χ3v) is 3.61. The van der Waals surface area contributed by atoms with Crippen molar-refractivity contribution in [3.05, 3.63) is 28.5 Å². The number of carbonyl (C=O) groups excluding carboxylic acids is 2. The van der Waals surface area contributed by atoms with Gasteiger partial charge in [-0.2, -0.15) is 0 Å². The zero-order chi connectivity index (χ0) is 16.7. The van der Waals surface area contributed by atoms with Crippen LogP contribution in [0.4, 0.5) is 4.39 Å². The fourth-order valence-corrected chi connectivity index (χ4v) is 1.84. The first kappa shape index (κ1) is 18.4. The van der Waals surface area contributed by atoms with E-state index in [1.807, 2.05) is 20.8 Å². The van der Waals surface area contributed by atoms with E-state index in [0.29, 0.717) is 16.1 Å². The van der Waals surface area contributed by atoms with Crippen molar-refractivity contribution in [3.8, 4) is 5.75 Å². The molecule has 0 saturated carbocycles. The molecule has 0 aliphatic rings. The summed E-state index contributed by atoms with van der Waals surface area (Å²) in [6.07, 6.45) is 0. The maximum atomic E-state index is 12.9. The Morgan fingerprint density at radius 1 is 1.27 bits per heavy atom. The Bertz CT molecular complexity index is 536. The van der Waals surface area contributed by atoms with Crippen LogP contribution < -0.4 is 10.1 Å². The van der Waals surface area contributed by atoms with Gasteiger partial charge in [-0.15, -0.1) is 0 Å². The molecule has 22 heavy (non-hydrogen) atoms. The Morgan fingerprint density at radius 2 is 1.95 bits per heavy atom. The molecular formula is C15H19BrFNO4. The lowest BCUT2D eigenvalue weighted by atomic mass is 10.1. The minimum Gasteiger partial charge on any atom is -0.481 e. The van der Waals surface area contributed by atoms with Crippen molar-refractivity contribution in [2.75, 3.05) is 13.2 Å². The predicted octanol–water partition coefficient (Wildman–Crippen LogP) is 2.67. The van der Waals surface area contributed by atoms with Gasteiger partial charge >= 0.3 is 5.97 Å². The SMILES string of the molecule is CC(C)C(C)NC(=O)COC(=O)COc1ccc(F)cc1Br. The average Bonchev–Trinajstić information content (AvgIpc) is 2.44. The van der Waals surface area contributed by atoms with Crippen LogP contribution in [0.1, 0.15) is 20.8 Å². The first-order chi connectivity index (χ1) is 10.3. The summed E-state index contributed by atoms with van der Waals surface area (Å²) in [5.74, 6) is -0.853. The Labute approximate surface area is 137 Å². The van der Waals surface area contributed by atoms with Crippen molar-refractivity contribution in [3.63, 3.8) is 0 Å². The second kappa shape index (κ2) is 8.73. The van der Waals surface area contributed by atoms with Gasteiger partial charge in [-0.3, -0.25) is 4.79 Å². The fraction of sp³-hybridized carbons (Fsp3) is 0.467. The van der Waals surface area contributed by atoms with Crippen LogP contribution in [0.25, 0.3) is 0 Å². The molecule has 0 aromatic heterocycles. The van der Waals surface area contributed by atoms with Crippen molar-refractivity contribution >= 4 is 27.8 Å². The molecule has 0 fully saturated rings. The van der Waals surface area contributed by atoms with E-state index >= 15 is 0 Å². The van der Waals surface area contributed by atoms with E-state index in [9.17, 15) is 14.0 Å². The quantitative estimate of drug-likeness (QED) is 0.744. The molecule has 7 heteroatoms. The molecule has 1 unspecified atom stereocenters. The van der Waals surface area contributed by atoms with Crippen LogP contribution >= 0.6 is 15.9 Å². The van der Waals surface area contributed by atoms with E-state index in [1.165, 1.54) is 18.2 Å². The lowest BCUT2D eigenvalue weighted by molar-refractivity contribution is -0.150. The van der Waals surface area contributed by atoms with E-state index in [2.05, 4.69) is 21.2 Å². The number of hydrogen-bond acceptors (Lipinski definition) is 4. The molecule has 0 saturated heterocycles. The molecular weight excluding hydrogens is 357 g/mol. The Balaban J connectivity index is 2.33. The van der Waals surface area contributed by atoms with Gasteiger partial charge in [-0.1, -0.05) is 13.8 Å². The first-order valence-electron chi connectivity index (χ1n) is 6.82. The number of halogens is 2. The van der Waals surface area contributed by atoms with Crippen molar-refractivity contribution in [1.29, 1.82) is 0 Å². The van der Waals surface area contributed by atoms with Crippen LogP contribution in [0.3, 0.4) is 0 Å². The van der Waals surface area contributed by atoms with Crippen LogP contribution in [-0.2, 0) is 14.3 Å². The maximum Gasteiger partial charge on any atom is 0.344 e. The number of carbonyl (C=O) groups is 2. The van der Waals surface area contributed by atoms with Crippen molar-refractivity contribution in [2.24, 2.45) is 5.92 Å². The molecule has 1 N–H and O–H groups in total. The molecule has 0 heterocycles. The highest BCUT2D eigenvalue weighted by Gasteiger charge is 2.13. The summed E-state index contributed by atoms with van der Waals surface area (Å²) in [5.41, 5.74) is 0. The second-order valence-corrected chi connectivity index (χ2v) is 5.98. The van der Waals surface area contributed by atoms with Gasteiger partial charge in [0.15, 0.2) is 13.2 Å². The Hall–Kier alpha value is -1.63. The summed E-state index contributed by atoms with van der Waals surface area (Å²) >= 11 is 3.12. The van der Waals surface area contributed by atoms with E-state index in [-0.39, 0.29) is 25.2 Å². The maximum absolute atomic E-state index is 12.9. The third kappa shape index (κ3) is 6.43. The summed E-state index contributed by atoms with van der Waals surface area (Å²) in [5, 5.41) is 2.72. The molecule has 1 rings (SSSR count). The van der Waals surface area contributed by atoms with Gasteiger partial charge < -0.3 is 14.8 Å². The van der Waals surface area contributed by atoms with Gasteiger partial charge in [0.1, 0.15) is 11.6 Å². The smallest absolute Gasteiger partial charge is 0.344 e. The second-order valence-electron chi connectivity index (χ2n) is 5.12. The van der Waals surface area contributed by atoms with Crippen LogP contribution in [0, 0.1) is 11.7 Å². The highest BCUT2D eigenvalue weighted by atomic mass is 79.9. The molecule has 1 amide bonds. The van der Waals surface area contributed by atoms with Gasteiger partial charge in [0.05, 0.1) is 4.47 Å². The monoisotopic (exact) mass is 375 g/mol. The minimum atomic E-state index is -0.677. The molecule has 1 atom stereocenters. The van der Waals surface area contributed by atoms with E-state index in [0.717, 1.165) is 0 Å². The average molecular weight is 376 g/mol. The summed E-state index contributed by atoms with van der Waals surface area (Å²) in [7, 11) is 0. The molecule has 0 spiro atoms. The van der Waals surface area contributed by atoms with Crippen LogP contribution in [-0.4, -0.2) is 31.1 Å². The molecule has 1 aromatic rings. The Morgan fingerprint density at radius 3 is 2.55 bits per heavy atom. The topological polar surface area (TPSA) is 64.6 Å². The number of benzene rings is 1. The highest BCUT2D eigenvalue weighted by molar-refractivity contribution is 9.10. The molecule has 0 radical (unpaired) electrons. The van der Waals surface area contributed by atoms with Crippen LogP contribution in [0.5, 0.6) is 5.75 Å². The molecule has 0 aliphatic carbocycles. The molecule has 1 aromatic carbocycles. The molecule has 5 nitrogen and oxygen atoms in total. The molecule has 0 bridgehead atoms. The van der Waals surface area contributed by atoms with Gasteiger partial charge in [0, 0.05) is 6.04 Å². The van der Waals surface area contributed by atoms with E-state index in [1.54, 1.807) is 0 Å². The summed E-state index contributed by atoms with van der Waals surface area (Å²) in [4.78, 5) is 23.1. The van der Waals surface area contributed by atoms with Crippen molar-refractivity contribution < 1.29 is 23.5 Å². The number of rotatable bonds is 7.